The van der Waals surface area contributed by atoms with Gasteiger partial charge in [-0.25, -0.2) is 0 Å². The summed E-state index contributed by atoms with van der Waals surface area (Å²) < 4.78 is 0. The molecule has 6 aromatic carbocycles. The van der Waals surface area contributed by atoms with Crippen LogP contribution >= 0.6 is 11.8 Å². The highest BCUT2D eigenvalue weighted by atomic mass is 32.2. The number of fused-ring (bicyclic) bond motifs is 2. The maximum atomic E-state index is 2.37. The van der Waals surface area contributed by atoms with Crippen LogP contribution in [0.5, 0.6) is 0 Å². The van der Waals surface area contributed by atoms with Crippen LogP contribution in [0.15, 0.2) is 133 Å². The molecule has 0 N–H and O–H groups in total. The monoisotopic (exact) mass is 494 g/mol. The van der Waals surface area contributed by atoms with Gasteiger partial charge in [0.15, 0.2) is 0 Å². The average molecular weight is 495 g/mol. The molecule has 180 valence electrons. The molecule has 0 spiro atoms. The van der Waals surface area contributed by atoms with E-state index in [4.69, 9.17) is 0 Å². The Bertz CT molecular complexity index is 1540. The quantitative estimate of drug-likeness (QED) is 0.222. The number of thioether (sulfide) groups is 1. The van der Waals surface area contributed by atoms with Crippen molar-refractivity contribution in [1.82, 2.24) is 0 Å². The highest BCUT2D eigenvalue weighted by Gasteiger charge is 2.24. The minimum absolute atomic E-state index is 0.197. The van der Waals surface area contributed by atoms with Crippen molar-refractivity contribution in [2.75, 3.05) is 0 Å². The molecule has 0 aliphatic carbocycles. The van der Waals surface area contributed by atoms with Gasteiger partial charge in [-0.2, -0.15) is 0 Å². The first-order valence-electron chi connectivity index (χ1n) is 12.9. The summed E-state index contributed by atoms with van der Waals surface area (Å²) in [5.41, 5.74) is 7.93. The summed E-state index contributed by atoms with van der Waals surface area (Å²) in [5, 5.41) is 5.53. The SMILES string of the molecule is Cc1ccc(C(SC(c2ccc(C)cc2)c2ccc3ccccc3c2)c2ccc3ccccc3c2)cc1. The molecule has 0 saturated carbocycles. The first-order valence-corrected chi connectivity index (χ1v) is 13.8. The zero-order chi connectivity index (χ0) is 25.2. The van der Waals surface area contributed by atoms with Crippen molar-refractivity contribution in [3.63, 3.8) is 0 Å². The summed E-state index contributed by atoms with van der Waals surface area (Å²) >= 11 is 2.03. The van der Waals surface area contributed by atoms with Gasteiger partial charge >= 0.3 is 0 Å². The molecule has 0 amide bonds. The van der Waals surface area contributed by atoms with E-state index in [1.165, 1.54) is 54.9 Å². The van der Waals surface area contributed by atoms with Crippen molar-refractivity contribution < 1.29 is 0 Å². The van der Waals surface area contributed by atoms with Crippen molar-refractivity contribution in [3.8, 4) is 0 Å². The molecule has 0 nitrogen and oxygen atoms in total. The Morgan fingerprint density at radius 1 is 0.378 bits per heavy atom. The fourth-order valence-corrected chi connectivity index (χ4v) is 6.57. The Kier molecular flexibility index (Phi) is 6.55. The predicted octanol–water partition coefficient (Wildman–Crippen LogP) is 10.2. The molecular weight excluding hydrogens is 464 g/mol. The second kappa shape index (κ2) is 10.3. The maximum absolute atomic E-state index is 2.37. The van der Waals surface area contributed by atoms with Gasteiger partial charge in [0.05, 0.1) is 10.5 Å². The fraction of sp³-hybridized carbons (Fsp3) is 0.111. The molecule has 0 radical (unpaired) electrons. The summed E-state index contributed by atoms with van der Waals surface area (Å²) in [5.74, 6) is 0. The van der Waals surface area contributed by atoms with Crippen molar-refractivity contribution >= 4 is 33.3 Å². The van der Waals surface area contributed by atoms with Gasteiger partial charge in [0.25, 0.3) is 0 Å². The molecule has 0 aliphatic heterocycles. The second-order valence-corrected chi connectivity index (χ2v) is 11.1. The van der Waals surface area contributed by atoms with Crippen LogP contribution in [0.1, 0.15) is 43.9 Å². The summed E-state index contributed by atoms with van der Waals surface area (Å²) in [6.45, 7) is 4.32. The lowest BCUT2D eigenvalue weighted by Crippen LogP contribution is -2.04. The summed E-state index contributed by atoms with van der Waals surface area (Å²) in [4.78, 5) is 0. The number of hydrogen-bond acceptors (Lipinski definition) is 1. The van der Waals surface area contributed by atoms with Gasteiger partial charge in [-0.05, 0) is 69.8 Å². The van der Waals surface area contributed by atoms with Gasteiger partial charge in [0.1, 0.15) is 0 Å². The van der Waals surface area contributed by atoms with Gasteiger partial charge in [0.2, 0.25) is 0 Å². The molecular formula is C36H30S. The van der Waals surface area contributed by atoms with E-state index in [0.717, 1.165) is 0 Å². The van der Waals surface area contributed by atoms with Gasteiger partial charge in [-0.3, -0.25) is 0 Å². The van der Waals surface area contributed by atoms with Crippen molar-refractivity contribution in [3.05, 3.63) is 167 Å². The Hall–Kier alpha value is -3.81. The van der Waals surface area contributed by atoms with E-state index in [9.17, 15) is 0 Å². The number of rotatable bonds is 6. The molecule has 6 rings (SSSR count). The molecule has 0 heterocycles. The topological polar surface area (TPSA) is 0 Å². The van der Waals surface area contributed by atoms with Crippen LogP contribution in [0.3, 0.4) is 0 Å². The Morgan fingerprint density at radius 3 is 1.14 bits per heavy atom. The zero-order valence-electron chi connectivity index (χ0n) is 21.3. The Morgan fingerprint density at radius 2 is 0.730 bits per heavy atom. The highest BCUT2D eigenvalue weighted by molar-refractivity contribution is 8.00. The molecule has 6 aromatic rings. The van der Waals surface area contributed by atoms with Crippen LogP contribution < -0.4 is 0 Å². The second-order valence-electron chi connectivity index (χ2n) is 9.93. The predicted molar refractivity (Wildman–Crippen MR) is 162 cm³/mol. The van der Waals surface area contributed by atoms with E-state index in [0.29, 0.717) is 0 Å². The standard InChI is InChI=1S/C36H30S/c1-25-11-15-29(16-12-25)35(33-21-19-27-7-3-5-9-31(27)23-33)37-36(30-17-13-26(2)14-18-30)34-22-20-28-8-4-6-10-32(28)24-34/h3-24,35-36H,1-2H3. The van der Waals surface area contributed by atoms with Crippen molar-refractivity contribution in [2.45, 2.75) is 24.3 Å². The van der Waals surface area contributed by atoms with Gasteiger partial charge in [-0.1, -0.05) is 132 Å². The lowest BCUT2D eigenvalue weighted by molar-refractivity contribution is 1.10. The van der Waals surface area contributed by atoms with Crippen LogP contribution in [-0.4, -0.2) is 0 Å². The lowest BCUT2D eigenvalue weighted by Gasteiger charge is -2.26. The maximum Gasteiger partial charge on any atom is 0.0556 e. The largest absolute Gasteiger partial charge is 0.136 e. The summed E-state index contributed by atoms with van der Waals surface area (Å²) in [7, 11) is 0. The normalized spacial score (nSPS) is 13.0. The van der Waals surface area contributed by atoms with Crippen LogP contribution in [0.2, 0.25) is 0 Å². The lowest BCUT2D eigenvalue weighted by atomic mass is 9.99. The minimum atomic E-state index is 0.197. The molecule has 2 unspecified atom stereocenters. The molecule has 0 saturated heterocycles. The first-order chi connectivity index (χ1) is 18.1. The summed E-state index contributed by atoms with van der Waals surface area (Å²) in [6, 6.07) is 49.4. The number of hydrogen-bond donors (Lipinski definition) is 0. The molecule has 0 aromatic heterocycles. The third-order valence-corrected chi connectivity index (χ3v) is 8.82. The number of benzene rings is 6. The third kappa shape index (κ3) is 5.05. The van der Waals surface area contributed by atoms with E-state index in [2.05, 4.69) is 147 Å². The van der Waals surface area contributed by atoms with Crippen molar-refractivity contribution in [1.29, 1.82) is 0 Å². The van der Waals surface area contributed by atoms with E-state index in [-0.39, 0.29) is 10.5 Å². The fourth-order valence-electron chi connectivity index (χ4n) is 5.06. The molecule has 1 heteroatoms. The van der Waals surface area contributed by atoms with E-state index >= 15 is 0 Å². The Labute approximate surface area is 224 Å². The average Bonchev–Trinajstić information content (AvgIpc) is 2.94. The summed E-state index contributed by atoms with van der Waals surface area (Å²) in [6.07, 6.45) is 0. The molecule has 37 heavy (non-hydrogen) atoms. The highest BCUT2D eigenvalue weighted by Crippen LogP contribution is 2.48. The first kappa shape index (κ1) is 23.6. The van der Waals surface area contributed by atoms with Crippen LogP contribution in [0.25, 0.3) is 21.5 Å². The van der Waals surface area contributed by atoms with Crippen LogP contribution in [0, 0.1) is 13.8 Å². The van der Waals surface area contributed by atoms with Crippen LogP contribution in [0.4, 0.5) is 0 Å². The number of aryl methyl sites for hydroxylation is 2. The van der Waals surface area contributed by atoms with E-state index < -0.39 is 0 Å². The molecule has 2 atom stereocenters. The van der Waals surface area contributed by atoms with Crippen LogP contribution in [-0.2, 0) is 0 Å². The van der Waals surface area contributed by atoms with E-state index in [1.807, 2.05) is 11.8 Å². The Balaban J connectivity index is 1.49. The minimum Gasteiger partial charge on any atom is -0.136 e. The van der Waals surface area contributed by atoms with Crippen molar-refractivity contribution in [2.24, 2.45) is 0 Å². The zero-order valence-corrected chi connectivity index (χ0v) is 22.1. The van der Waals surface area contributed by atoms with E-state index in [1.54, 1.807) is 0 Å². The van der Waals surface area contributed by atoms with Gasteiger partial charge in [-0.15, -0.1) is 11.8 Å². The molecule has 0 fully saturated rings. The molecule has 0 bridgehead atoms. The third-order valence-electron chi connectivity index (χ3n) is 7.18. The smallest absolute Gasteiger partial charge is 0.0556 e. The molecule has 0 aliphatic rings. The van der Waals surface area contributed by atoms with Gasteiger partial charge < -0.3 is 0 Å². The van der Waals surface area contributed by atoms with Gasteiger partial charge in [0, 0.05) is 0 Å².